The summed E-state index contributed by atoms with van der Waals surface area (Å²) in [7, 11) is 0. The highest BCUT2D eigenvalue weighted by molar-refractivity contribution is 8.38. The van der Waals surface area contributed by atoms with Crippen LogP contribution in [-0.2, 0) is 0 Å². The van der Waals surface area contributed by atoms with E-state index in [-0.39, 0.29) is 0 Å². The number of hydrogen-bond donors (Lipinski definition) is 0. The molecule has 18 heavy (non-hydrogen) atoms. The SMILES string of the molecule is CC(C)(C(=S)Cl)C1(Cl)SC(Cl)(C(C)(C)C(=S)Cl)S1. The Kier molecular flexibility index (Phi) is 5.37. The van der Waals surface area contributed by atoms with E-state index in [0.29, 0.717) is 8.65 Å². The van der Waals surface area contributed by atoms with Gasteiger partial charge in [-0.15, -0.1) is 0 Å². The zero-order valence-electron chi connectivity index (χ0n) is 10.1. The molecule has 0 amide bonds. The van der Waals surface area contributed by atoms with Gasteiger partial charge in [0.05, 0.1) is 8.65 Å². The lowest BCUT2D eigenvalue weighted by Gasteiger charge is -2.58. The molecule has 0 aromatic rings. The molecule has 1 fully saturated rings. The van der Waals surface area contributed by atoms with Gasteiger partial charge in [-0.1, -0.05) is 122 Å². The van der Waals surface area contributed by atoms with E-state index in [2.05, 4.69) is 0 Å². The lowest BCUT2D eigenvalue weighted by atomic mass is 9.98. The molecule has 1 aliphatic rings. The van der Waals surface area contributed by atoms with Crippen LogP contribution in [-0.4, -0.2) is 15.7 Å². The fourth-order valence-electron chi connectivity index (χ4n) is 1.09. The van der Waals surface area contributed by atoms with Crippen molar-refractivity contribution in [3.8, 4) is 0 Å². The molecule has 0 atom stereocenters. The lowest BCUT2D eigenvalue weighted by molar-refractivity contribution is 0.513. The van der Waals surface area contributed by atoms with Crippen molar-refractivity contribution in [3.63, 3.8) is 0 Å². The maximum Gasteiger partial charge on any atom is 0.151 e. The molecular weight excluding hydrogens is 390 g/mol. The maximum atomic E-state index is 6.57. The van der Waals surface area contributed by atoms with Crippen LogP contribution in [0.15, 0.2) is 0 Å². The van der Waals surface area contributed by atoms with E-state index >= 15 is 0 Å². The third-order valence-corrected chi connectivity index (χ3v) is 10.9. The number of thiocarbonyl (C=S) groups is 2. The monoisotopic (exact) mass is 400 g/mol. The minimum absolute atomic E-state index is 0.336. The smallest absolute Gasteiger partial charge is 0.0940 e. The Hall–Kier alpha value is 2.04. The average molecular weight is 402 g/mol. The van der Waals surface area contributed by atoms with E-state index in [9.17, 15) is 0 Å². The summed E-state index contributed by atoms with van der Waals surface area (Å²) in [6, 6.07) is 0. The van der Waals surface area contributed by atoms with Crippen LogP contribution in [0.25, 0.3) is 0 Å². The molecule has 1 heterocycles. The second-order valence-electron chi connectivity index (χ2n) is 5.07. The zero-order chi connectivity index (χ0) is 14.6. The van der Waals surface area contributed by atoms with E-state index in [1.54, 1.807) is 0 Å². The first-order valence-corrected chi connectivity index (χ1v) is 8.94. The molecule has 0 aromatic heterocycles. The molecule has 104 valence electrons. The first-order chi connectivity index (χ1) is 7.80. The molecule has 0 radical (unpaired) electrons. The van der Waals surface area contributed by atoms with Gasteiger partial charge in [-0.05, 0) is 0 Å². The van der Waals surface area contributed by atoms with Gasteiger partial charge in [0.25, 0.3) is 0 Å². The summed E-state index contributed by atoms with van der Waals surface area (Å²) in [4.78, 5) is 0. The van der Waals surface area contributed by atoms with Gasteiger partial charge in [-0.25, -0.2) is 0 Å². The van der Waals surface area contributed by atoms with E-state index in [1.165, 1.54) is 23.5 Å². The van der Waals surface area contributed by atoms with Gasteiger partial charge in [-0.2, -0.15) is 0 Å². The summed E-state index contributed by atoms with van der Waals surface area (Å²) in [6.45, 7) is 7.60. The minimum Gasteiger partial charge on any atom is -0.0940 e. The van der Waals surface area contributed by atoms with Crippen molar-refractivity contribution in [2.45, 2.75) is 34.8 Å². The van der Waals surface area contributed by atoms with Gasteiger partial charge < -0.3 is 0 Å². The van der Waals surface area contributed by atoms with Crippen LogP contribution in [0.3, 0.4) is 0 Å². The third kappa shape index (κ3) is 2.70. The topological polar surface area (TPSA) is 0 Å². The Morgan fingerprint density at radius 1 is 0.833 bits per heavy atom. The summed E-state index contributed by atoms with van der Waals surface area (Å²) >= 11 is 38.0. The highest BCUT2D eigenvalue weighted by Gasteiger charge is 2.68. The number of alkyl halides is 2. The molecular formula is C10H12Cl4S4. The van der Waals surface area contributed by atoms with E-state index in [4.69, 9.17) is 70.8 Å². The van der Waals surface area contributed by atoms with Crippen molar-refractivity contribution in [2.75, 3.05) is 0 Å². The number of rotatable bonds is 4. The summed E-state index contributed by atoms with van der Waals surface area (Å²) in [6.07, 6.45) is 0. The van der Waals surface area contributed by atoms with Crippen molar-refractivity contribution in [1.82, 2.24) is 0 Å². The highest BCUT2D eigenvalue weighted by atomic mass is 35.5. The van der Waals surface area contributed by atoms with Gasteiger partial charge >= 0.3 is 0 Å². The molecule has 0 nitrogen and oxygen atoms in total. The molecule has 1 rings (SSSR count). The van der Waals surface area contributed by atoms with Gasteiger partial charge in [0.2, 0.25) is 0 Å². The molecule has 8 heteroatoms. The van der Waals surface area contributed by atoms with Crippen molar-refractivity contribution in [2.24, 2.45) is 10.8 Å². The van der Waals surface area contributed by atoms with E-state index in [1.807, 2.05) is 27.7 Å². The van der Waals surface area contributed by atoms with Gasteiger partial charge in [0, 0.05) is 10.8 Å². The van der Waals surface area contributed by atoms with Crippen molar-refractivity contribution >= 4 is 103 Å². The maximum absolute atomic E-state index is 6.57. The lowest BCUT2D eigenvalue weighted by Crippen LogP contribution is -2.55. The van der Waals surface area contributed by atoms with Crippen LogP contribution >= 0.6 is 94.4 Å². The molecule has 1 aliphatic heterocycles. The number of thioether (sulfide) groups is 2. The van der Waals surface area contributed by atoms with Gasteiger partial charge in [0.1, 0.15) is 0 Å². The van der Waals surface area contributed by atoms with Crippen molar-refractivity contribution < 1.29 is 0 Å². The molecule has 0 spiro atoms. The van der Waals surface area contributed by atoms with Gasteiger partial charge in [-0.3, -0.25) is 0 Å². The fourth-order valence-corrected chi connectivity index (χ4v) is 8.10. The van der Waals surface area contributed by atoms with Crippen molar-refractivity contribution in [1.29, 1.82) is 0 Å². The standard InChI is InChI=1S/C10H12Cl4S4/c1-7(2,5(11)15)9(13)17-10(14,18-9)8(3,4)6(12)16/h1-4H3. The second kappa shape index (κ2) is 5.35. The predicted octanol–water partition coefficient (Wildman–Crippen LogP) is 6.44. The summed E-state index contributed by atoms with van der Waals surface area (Å²) in [5.41, 5.74) is -1.08. The molecule has 0 saturated carbocycles. The van der Waals surface area contributed by atoms with Crippen LogP contribution in [0.1, 0.15) is 27.7 Å². The molecule has 1 saturated heterocycles. The van der Waals surface area contributed by atoms with E-state index in [0.717, 1.165) is 0 Å². The molecule has 0 aliphatic carbocycles. The Labute approximate surface area is 147 Å². The zero-order valence-corrected chi connectivity index (χ0v) is 16.4. The van der Waals surface area contributed by atoms with Gasteiger partial charge in [0.15, 0.2) is 7.08 Å². The predicted molar refractivity (Wildman–Crippen MR) is 96.8 cm³/mol. The summed E-state index contributed by atoms with van der Waals surface area (Å²) in [5, 5.41) is 0. The second-order valence-corrected chi connectivity index (χ2v) is 12.5. The summed E-state index contributed by atoms with van der Waals surface area (Å²) in [5.74, 6) is 0. The molecule has 0 bridgehead atoms. The molecule has 0 aromatic carbocycles. The minimum atomic E-state index is -0.702. The Bertz CT molecular complexity index is 363. The first-order valence-electron chi connectivity index (χ1n) is 4.98. The van der Waals surface area contributed by atoms with E-state index < -0.39 is 17.9 Å². The Balaban J connectivity index is 2.98. The third-order valence-electron chi connectivity index (χ3n) is 3.00. The number of halogens is 4. The van der Waals surface area contributed by atoms with Crippen LogP contribution in [0.4, 0.5) is 0 Å². The van der Waals surface area contributed by atoms with Crippen LogP contribution in [0.2, 0.25) is 0 Å². The Morgan fingerprint density at radius 3 is 1.22 bits per heavy atom. The number of hydrogen-bond acceptors (Lipinski definition) is 4. The fraction of sp³-hybridized carbons (Fsp3) is 0.800. The largest absolute Gasteiger partial charge is 0.151 e. The highest BCUT2D eigenvalue weighted by Crippen LogP contribution is 2.79. The Morgan fingerprint density at radius 2 is 1.06 bits per heavy atom. The molecule has 0 N–H and O–H groups in total. The van der Waals surface area contributed by atoms with Crippen LogP contribution in [0, 0.1) is 10.8 Å². The van der Waals surface area contributed by atoms with Crippen LogP contribution in [0.5, 0.6) is 0 Å². The quantitative estimate of drug-likeness (QED) is 0.302. The first kappa shape index (κ1) is 18.1. The van der Waals surface area contributed by atoms with Crippen LogP contribution < -0.4 is 0 Å². The van der Waals surface area contributed by atoms with Crippen molar-refractivity contribution in [3.05, 3.63) is 0 Å². The average Bonchev–Trinajstić information content (AvgIpc) is 2.14. The normalized spacial score (nSPS) is 32.9. The molecule has 0 unspecified atom stereocenters. The summed E-state index contributed by atoms with van der Waals surface area (Å²) < 4.78 is -0.732.